The first-order chi connectivity index (χ1) is 7.21. The van der Waals surface area contributed by atoms with Crippen molar-refractivity contribution in [3.63, 3.8) is 0 Å². The molecule has 90 valence electrons. The van der Waals surface area contributed by atoms with E-state index in [1.165, 1.54) is 0 Å². The van der Waals surface area contributed by atoms with Gasteiger partial charge in [-0.25, -0.2) is 0 Å². The van der Waals surface area contributed by atoms with E-state index < -0.39 is 0 Å². The third-order valence-corrected chi connectivity index (χ3v) is 3.63. The maximum Gasteiger partial charge on any atom is 0.230 e. The maximum absolute atomic E-state index is 11.7. The summed E-state index contributed by atoms with van der Waals surface area (Å²) in [6.07, 6.45) is 1.14. The highest BCUT2D eigenvalue weighted by atomic mass is 16.5. The molecule has 4 heteroatoms. The van der Waals surface area contributed by atoms with E-state index in [0.29, 0.717) is 6.42 Å². The van der Waals surface area contributed by atoms with Gasteiger partial charge in [-0.15, -0.1) is 0 Å². The number of hydrogen-bond donors (Lipinski definition) is 1. The molecule has 0 bridgehead atoms. The molecule has 2 aliphatic heterocycles. The zero-order valence-corrected chi connectivity index (χ0v) is 10.3. The molecule has 2 saturated heterocycles. The summed E-state index contributed by atoms with van der Waals surface area (Å²) < 4.78 is 5.95. The third-order valence-electron chi connectivity index (χ3n) is 3.63. The smallest absolute Gasteiger partial charge is 0.230 e. The van der Waals surface area contributed by atoms with Gasteiger partial charge < -0.3 is 4.74 Å². The molecule has 2 heterocycles. The van der Waals surface area contributed by atoms with Crippen LogP contribution in [0.25, 0.3) is 0 Å². The summed E-state index contributed by atoms with van der Waals surface area (Å²) in [5.41, 5.74) is -0.545. The second-order valence-electron chi connectivity index (χ2n) is 6.00. The Labute approximate surface area is 95.7 Å². The monoisotopic (exact) mass is 225 g/mol. The molecule has 0 aromatic heterocycles. The lowest BCUT2D eigenvalue weighted by molar-refractivity contribution is -0.128. The highest BCUT2D eigenvalue weighted by molar-refractivity contribution is 6.03. The third kappa shape index (κ3) is 1.86. The van der Waals surface area contributed by atoms with Crippen LogP contribution in [0, 0.1) is 11.8 Å². The van der Waals surface area contributed by atoms with Crippen LogP contribution in [-0.2, 0) is 14.3 Å². The summed E-state index contributed by atoms with van der Waals surface area (Å²) in [7, 11) is 0. The Morgan fingerprint density at radius 3 is 2.25 bits per heavy atom. The van der Waals surface area contributed by atoms with Crippen molar-refractivity contribution < 1.29 is 14.3 Å². The van der Waals surface area contributed by atoms with Crippen LogP contribution in [-0.4, -0.2) is 23.0 Å². The van der Waals surface area contributed by atoms with Crippen molar-refractivity contribution in [1.29, 1.82) is 0 Å². The van der Waals surface area contributed by atoms with Crippen LogP contribution in [0.1, 0.15) is 40.5 Å². The number of nitrogens with one attached hydrogen (secondary N) is 1. The average molecular weight is 225 g/mol. The number of rotatable bonds is 1. The Morgan fingerprint density at radius 2 is 1.88 bits per heavy atom. The number of amides is 2. The van der Waals surface area contributed by atoms with Gasteiger partial charge in [0.25, 0.3) is 0 Å². The van der Waals surface area contributed by atoms with Crippen molar-refractivity contribution in [1.82, 2.24) is 5.32 Å². The van der Waals surface area contributed by atoms with E-state index >= 15 is 0 Å². The normalized spacial score (nSPS) is 36.5. The van der Waals surface area contributed by atoms with E-state index in [-0.39, 0.29) is 34.9 Å². The van der Waals surface area contributed by atoms with Crippen LogP contribution in [0.3, 0.4) is 0 Å². The first-order valence-corrected chi connectivity index (χ1v) is 5.75. The Morgan fingerprint density at radius 1 is 1.25 bits per heavy atom. The number of hydrogen-bond acceptors (Lipinski definition) is 3. The van der Waals surface area contributed by atoms with Gasteiger partial charge in [-0.05, 0) is 34.1 Å². The summed E-state index contributed by atoms with van der Waals surface area (Å²) >= 11 is 0. The van der Waals surface area contributed by atoms with Crippen LogP contribution in [0.5, 0.6) is 0 Å². The lowest BCUT2D eigenvalue weighted by Crippen LogP contribution is -2.36. The molecule has 2 amide bonds. The van der Waals surface area contributed by atoms with Crippen LogP contribution in [0.4, 0.5) is 0 Å². The maximum atomic E-state index is 11.7. The molecule has 2 unspecified atom stereocenters. The van der Waals surface area contributed by atoms with Gasteiger partial charge in [0.1, 0.15) is 0 Å². The standard InChI is InChI=1S/C12H19NO3/c1-11(2)6-8(12(3,4)16-11)7-5-9(14)13-10(7)15/h7-8H,5-6H2,1-4H3,(H,13,14,15). The molecule has 0 aromatic carbocycles. The van der Waals surface area contributed by atoms with Crippen molar-refractivity contribution in [2.75, 3.05) is 0 Å². The quantitative estimate of drug-likeness (QED) is 0.683. The predicted molar refractivity (Wildman–Crippen MR) is 58.6 cm³/mol. The molecule has 0 aromatic rings. The van der Waals surface area contributed by atoms with Gasteiger partial charge in [-0.1, -0.05) is 0 Å². The Hall–Kier alpha value is -0.900. The summed E-state index contributed by atoms with van der Waals surface area (Å²) in [5.74, 6) is -0.391. The van der Waals surface area contributed by atoms with Gasteiger partial charge in [-0.3, -0.25) is 14.9 Å². The number of ether oxygens (including phenoxy) is 1. The average Bonchev–Trinajstić information content (AvgIpc) is 2.48. The second kappa shape index (κ2) is 3.29. The SMILES string of the molecule is CC1(C)CC(C2CC(=O)NC2=O)C(C)(C)O1. The summed E-state index contributed by atoms with van der Waals surface area (Å²) in [6, 6.07) is 0. The minimum Gasteiger partial charge on any atom is -0.369 e. The second-order valence-corrected chi connectivity index (χ2v) is 6.00. The molecular formula is C12H19NO3. The molecule has 0 saturated carbocycles. The molecular weight excluding hydrogens is 206 g/mol. The minimum atomic E-state index is -0.337. The zero-order chi connectivity index (χ0) is 12.1. The molecule has 16 heavy (non-hydrogen) atoms. The van der Waals surface area contributed by atoms with Crippen molar-refractivity contribution in [2.45, 2.75) is 51.7 Å². The molecule has 2 rings (SSSR count). The highest BCUT2D eigenvalue weighted by Gasteiger charge is 2.52. The Balaban J connectivity index is 2.22. The van der Waals surface area contributed by atoms with E-state index in [1.807, 2.05) is 27.7 Å². The van der Waals surface area contributed by atoms with Crippen molar-refractivity contribution in [3.05, 3.63) is 0 Å². The van der Waals surface area contributed by atoms with Crippen molar-refractivity contribution >= 4 is 11.8 Å². The minimum absolute atomic E-state index is 0.119. The van der Waals surface area contributed by atoms with E-state index in [9.17, 15) is 9.59 Å². The summed E-state index contributed by atoms with van der Waals surface area (Å²) in [5, 5.41) is 2.38. The molecule has 0 radical (unpaired) electrons. The van der Waals surface area contributed by atoms with E-state index in [1.54, 1.807) is 0 Å². The Kier molecular flexibility index (Phi) is 2.38. The van der Waals surface area contributed by atoms with Crippen LogP contribution >= 0.6 is 0 Å². The lowest BCUT2D eigenvalue weighted by Gasteiger charge is -2.29. The van der Waals surface area contributed by atoms with Crippen LogP contribution in [0.2, 0.25) is 0 Å². The molecule has 0 aliphatic carbocycles. The molecule has 2 aliphatic rings. The van der Waals surface area contributed by atoms with Crippen molar-refractivity contribution in [2.24, 2.45) is 11.8 Å². The molecule has 4 nitrogen and oxygen atoms in total. The molecule has 0 spiro atoms. The van der Waals surface area contributed by atoms with Gasteiger partial charge >= 0.3 is 0 Å². The van der Waals surface area contributed by atoms with E-state index in [0.717, 1.165) is 6.42 Å². The first kappa shape index (κ1) is 11.6. The van der Waals surface area contributed by atoms with Gasteiger partial charge in [0.05, 0.1) is 17.1 Å². The van der Waals surface area contributed by atoms with Crippen LogP contribution < -0.4 is 5.32 Å². The van der Waals surface area contributed by atoms with E-state index in [2.05, 4.69) is 5.32 Å². The number of imide groups is 1. The fourth-order valence-electron chi connectivity index (χ4n) is 3.13. The number of carbonyl (C=O) groups is 2. The van der Waals surface area contributed by atoms with Gasteiger partial charge in [0, 0.05) is 12.3 Å². The van der Waals surface area contributed by atoms with Gasteiger partial charge in [0.15, 0.2) is 0 Å². The summed E-state index contributed by atoms with van der Waals surface area (Å²) in [6.45, 7) is 8.07. The fraction of sp³-hybridized carbons (Fsp3) is 0.833. The predicted octanol–water partition coefficient (Wildman–Crippen LogP) is 1.24. The van der Waals surface area contributed by atoms with E-state index in [4.69, 9.17) is 4.74 Å². The molecule has 1 N–H and O–H groups in total. The number of carbonyl (C=O) groups excluding carboxylic acids is 2. The summed E-state index contributed by atoms with van der Waals surface area (Å²) in [4.78, 5) is 22.9. The largest absolute Gasteiger partial charge is 0.369 e. The fourth-order valence-corrected chi connectivity index (χ4v) is 3.13. The molecule has 2 fully saturated rings. The Bertz CT molecular complexity index is 346. The van der Waals surface area contributed by atoms with Crippen LogP contribution in [0.15, 0.2) is 0 Å². The highest BCUT2D eigenvalue weighted by Crippen LogP contribution is 2.47. The van der Waals surface area contributed by atoms with Gasteiger partial charge in [0.2, 0.25) is 11.8 Å². The zero-order valence-electron chi connectivity index (χ0n) is 10.3. The van der Waals surface area contributed by atoms with Crippen molar-refractivity contribution in [3.8, 4) is 0 Å². The first-order valence-electron chi connectivity index (χ1n) is 5.75. The topological polar surface area (TPSA) is 55.4 Å². The molecule has 2 atom stereocenters. The van der Waals surface area contributed by atoms with Gasteiger partial charge in [-0.2, -0.15) is 0 Å². The lowest BCUT2D eigenvalue weighted by atomic mass is 9.77.